The molecule has 0 aromatic carbocycles. The molecule has 1 aliphatic carbocycles. The molecule has 1 atom stereocenters. The number of aryl methyl sites for hydroxylation is 2. The third-order valence-corrected chi connectivity index (χ3v) is 6.82. The van der Waals surface area contributed by atoms with Crippen molar-refractivity contribution < 1.29 is 13.9 Å². The van der Waals surface area contributed by atoms with E-state index >= 15 is 0 Å². The van der Waals surface area contributed by atoms with Gasteiger partial charge in [0.15, 0.2) is 0 Å². The number of fused-ring (bicyclic) bond motifs is 2. The molecule has 0 spiro atoms. The molecule has 162 valence electrons. The zero-order chi connectivity index (χ0) is 21.3. The molecule has 1 saturated carbocycles. The molecule has 0 bridgehead atoms. The van der Waals surface area contributed by atoms with E-state index in [1.165, 1.54) is 6.33 Å². The maximum absolute atomic E-state index is 13.7. The predicted molar refractivity (Wildman–Crippen MR) is 113 cm³/mol. The Kier molecular flexibility index (Phi) is 3.96. The van der Waals surface area contributed by atoms with Crippen LogP contribution in [0.1, 0.15) is 65.6 Å². The molecule has 1 amide bonds. The van der Waals surface area contributed by atoms with E-state index in [4.69, 9.17) is 14.1 Å². The van der Waals surface area contributed by atoms with E-state index < -0.39 is 0 Å². The summed E-state index contributed by atoms with van der Waals surface area (Å²) in [5.41, 5.74) is 3.08. The molecular formula is C22H26N6O3. The highest BCUT2D eigenvalue weighted by Gasteiger charge is 2.39. The predicted octanol–water partition coefficient (Wildman–Crippen LogP) is 3.12. The summed E-state index contributed by atoms with van der Waals surface area (Å²) >= 11 is 0. The van der Waals surface area contributed by atoms with E-state index in [1.54, 1.807) is 0 Å². The minimum absolute atomic E-state index is 0.0274. The molecular weight excluding hydrogens is 396 g/mol. The Morgan fingerprint density at radius 2 is 2.06 bits per heavy atom. The minimum Gasteiger partial charge on any atom is -0.442 e. The number of amides is 1. The highest BCUT2D eigenvalue weighted by molar-refractivity contribution is 6.10. The molecule has 3 aromatic rings. The number of nitrogens with one attached hydrogen (secondary N) is 1. The van der Waals surface area contributed by atoms with E-state index in [-0.39, 0.29) is 17.6 Å². The summed E-state index contributed by atoms with van der Waals surface area (Å²) in [6, 6.07) is 0. The molecule has 9 heteroatoms. The van der Waals surface area contributed by atoms with Crippen molar-refractivity contribution in [2.45, 2.75) is 64.8 Å². The van der Waals surface area contributed by atoms with Crippen LogP contribution in [0.4, 0.5) is 5.82 Å². The van der Waals surface area contributed by atoms with Gasteiger partial charge in [0.1, 0.15) is 29.8 Å². The molecule has 1 N–H and O–H groups in total. The second kappa shape index (κ2) is 6.53. The van der Waals surface area contributed by atoms with Gasteiger partial charge in [0.2, 0.25) is 5.71 Å². The molecule has 2 fully saturated rings. The van der Waals surface area contributed by atoms with Crippen molar-refractivity contribution in [3.8, 4) is 0 Å². The van der Waals surface area contributed by atoms with Crippen molar-refractivity contribution in [3.63, 3.8) is 0 Å². The van der Waals surface area contributed by atoms with Crippen molar-refractivity contribution >= 4 is 22.8 Å². The van der Waals surface area contributed by atoms with Crippen LogP contribution in [0.2, 0.25) is 0 Å². The van der Waals surface area contributed by atoms with Crippen LogP contribution < -0.4 is 5.32 Å². The normalized spacial score (nSPS) is 21.6. The lowest BCUT2D eigenvalue weighted by Gasteiger charge is -2.32. The highest BCUT2D eigenvalue weighted by atomic mass is 16.5. The van der Waals surface area contributed by atoms with Gasteiger partial charge in [0.25, 0.3) is 5.91 Å². The fourth-order valence-corrected chi connectivity index (χ4v) is 4.61. The highest BCUT2D eigenvalue weighted by Crippen LogP contribution is 2.41. The van der Waals surface area contributed by atoms with E-state index in [9.17, 15) is 4.79 Å². The number of carbonyl (C=O) groups excluding carboxylic acids is 1. The van der Waals surface area contributed by atoms with Gasteiger partial charge in [0.05, 0.1) is 35.5 Å². The van der Waals surface area contributed by atoms with Gasteiger partial charge in [-0.25, -0.2) is 15.0 Å². The number of ether oxygens (including phenoxy) is 1. The summed E-state index contributed by atoms with van der Waals surface area (Å²) < 4.78 is 13.8. The number of nitrogens with zero attached hydrogens (tertiary/aromatic N) is 5. The second-order valence-electron chi connectivity index (χ2n) is 9.14. The van der Waals surface area contributed by atoms with Crippen LogP contribution in [0.25, 0.3) is 11.1 Å². The van der Waals surface area contributed by atoms with Gasteiger partial charge < -0.3 is 23.9 Å². The second-order valence-corrected chi connectivity index (χ2v) is 9.14. The summed E-state index contributed by atoms with van der Waals surface area (Å²) in [7, 11) is 0. The fraction of sp³-hybridized carbons (Fsp3) is 0.545. The summed E-state index contributed by atoms with van der Waals surface area (Å²) in [5, 5.41) is 4.17. The zero-order valence-electron chi connectivity index (χ0n) is 18.1. The summed E-state index contributed by atoms with van der Waals surface area (Å²) in [5.74, 6) is 2.17. The van der Waals surface area contributed by atoms with Gasteiger partial charge in [-0.3, -0.25) is 4.79 Å². The topological polar surface area (TPSA) is 98.3 Å². The molecule has 0 radical (unpaired) electrons. The SMILES string of the molecule is Cc1oc2ncnc(NC3(C)CC3)c2c1C(=O)N1CCn2c(C)nc(C3CCO3)c2C1. The Morgan fingerprint density at radius 3 is 2.77 bits per heavy atom. The molecule has 1 unspecified atom stereocenters. The van der Waals surface area contributed by atoms with Crippen LogP contribution in [-0.2, 0) is 17.8 Å². The van der Waals surface area contributed by atoms with Gasteiger partial charge in [-0.1, -0.05) is 0 Å². The van der Waals surface area contributed by atoms with Crippen molar-refractivity contribution in [1.82, 2.24) is 24.4 Å². The molecule has 3 aromatic heterocycles. The smallest absolute Gasteiger partial charge is 0.258 e. The lowest BCUT2D eigenvalue weighted by Crippen LogP contribution is -2.39. The molecule has 2 aliphatic heterocycles. The van der Waals surface area contributed by atoms with Crippen molar-refractivity contribution in [3.05, 3.63) is 34.9 Å². The van der Waals surface area contributed by atoms with E-state index in [1.807, 2.05) is 18.7 Å². The maximum Gasteiger partial charge on any atom is 0.258 e. The summed E-state index contributed by atoms with van der Waals surface area (Å²) in [4.78, 5) is 29.1. The first-order valence-electron chi connectivity index (χ1n) is 10.9. The number of rotatable bonds is 4. The fourth-order valence-electron chi connectivity index (χ4n) is 4.61. The quantitative estimate of drug-likeness (QED) is 0.690. The zero-order valence-corrected chi connectivity index (χ0v) is 18.1. The van der Waals surface area contributed by atoms with Gasteiger partial charge in [-0.15, -0.1) is 0 Å². The third-order valence-electron chi connectivity index (χ3n) is 6.82. The van der Waals surface area contributed by atoms with Gasteiger partial charge >= 0.3 is 0 Å². The monoisotopic (exact) mass is 422 g/mol. The average molecular weight is 422 g/mol. The summed E-state index contributed by atoms with van der Waals surface area (Å²) in [6.45, 7) is 8.62. The molecule has 6 rings (SSSR count). The first kappa shape index (κ1) is 18.8. The van der Waals surface area contributed by atoms with E-state index in [0.29, 0.717) is 41.3 Å². The lowest BCUT2D eigenvalue weighted by atomic mass is 10.1. The standard InChI is InChI=1S/C22H26N6O3/c1-12-16(17-19(26-22(3)5-6-22)23-11-24-20(17)31-12)21(29)27-7-8-28-13(2)25-18(14(28)10-27)15-4-9-30-15/h11,15H,4-10H2,1-3H3,(H,23,24,26). The number of hydrogen-bond donors (Lipinski definition) is 1. The van der Waals surface area contributed by atoms with Crippen molar-refractivity contribution in [2.24, 2.45) is 0 Å². The van der Waals surface area contributed by atoms with Gasteiger partial charge in [-0.05, 0) is 33.6 Å². The van der Waals surface area contributed by atoms with Crippen LogP contribution in [0.5, 0.6) is 0 Å². The van der Waals surface area contributed by atoms with Crippen LogP contribution in [-0.4, -0.2) is 49.0 Å². The van der Waals surface area contributed by atoms with Crippen molar-refractivity contribution in [1.29, 1.82) is 0 Å². The van der Waals surface area contributed by atoms with Crippen LogP contribution >= 0.6 is 0 Å². The summed E-state index contributed by atoms with van der Waals surface area (Å²) in [6.07, 6.45) is 4.68. The first-order chi connectivity index (χ1) is 14.9. The number of furan rings is 1. The molecule has 31 heavy (non-hydrogen) atoms. The maximum atomic E-state index is 13.7. The minimum atomic E-state index is -0.0550. The number of carbonyl (C=O) groups is 1. The Labute approximate surface area is 179 Å². The molecule has 1 saturated heterocycles. The first-order valence-corrected chi connectivity index (χ1v) is 10.9. The number of anilines is 1. The Hall–Kier alpha value is -2.94. The number of imidazole rings is 1. The Morgan fingerprint density at radius 1 is 1.26 bits per heavy atom. The van der Waals surface area contributed by atoms with Crippen molar-refractivity contribution in [2.75, 3.05) is 18.5 Å². The Bertz CT molecular complexity index is 1200. The molecule has 3 aliphatic rings. The van der Waals surface area contributed by atoms with Gasteiger partial charge in [0, 0.05) is 25.0 Å². The number of hydrogen-bond acceptors (Lipinski definition) is 7. The third kappa shape index (κ3) is 2.94. The Balaban J connectivity index is 1.37. The van der Waals surface area contributed by atoms with Crippen LogP contribution in [0, 0.1) is 13.8 Å². The van der Waals surface area contributed by atoms with Crippen LogP contribution in [0.3, 0.4) is 0 Å². The number of aromatic nitrogens is 4. The van der Waals surface area contributed by atoms with E-state index in [0.717, 1.165) is 49.6 Å². The molecule has 5 heterocycles. The largest absolute Gasteiger partial charge is 0.442 e. The molecule has 9 nitrogen and oxygen atoms in total. The van der Waals surface area contributed by atoms with Gasteiger partial charge in [-0.2, -0.15) is 0 Å². The average Bonchev–Trinajstić information content (AvgIpc) is 3.20. The lowest BCUT2D eigenvalue weighted by molar-refractivity contribution is -0.0560. The van der Waals surface area contributed by atoms with E-state index in [2.05, 4.69) is 26.8 Å². The van der Waals surface area contributed by atoms with Crippen LogP contribution in [0.15, 0.2) is 10.7 Å².